The first-order valence-electron chi connectivity index (χ1n) is 4.64. The molecule has 1 aromatic rings. The molecule has 0 radical (unpaired) electrons. The molecule has 1 aromatic heterocycles. The lowest BCUT2D eigenvalue weighted by molar-refractivity contribution is 0.0562. The Kier molecular flexibility index (Phi) is 2.45. The van der Waals surface area contributed by atoms with Gasteiger partial charge in [-0.3, -0.25) is 9.78 Å². The summed E-state index contributed by atoms with van der Waals surface area (Å²) in [5, 5.41) is 11.9. The molecule has 2 rings (SSSR count). The minimum absolute atomic E-state index is 0.116. The van der Waals surface area contributed by atoms with E-state index in [1.54, 1.807) is 18.3 Å². The summed E-state index contributed by atoms with van der Waals surface area (Å²) in [7, 11) is 0. The lowest BCUT2D eigenvalue weighted by Crippen LogP contribution is -2.46. The van der Waals surface area contributed by atoms with Crippen molar-refractivity contribution in [3.8, 4) is 0 Å². The molecule has 2 N–H and O–H groups in total. The summed E-state index contributed by atoms with van der Waals surface area (Å²) in [5.41, 5.74) is 0.564. The van der Waals surface area contributed by atoms with Crippen LogP contribution in [0, 0.1) is 0 Å². The number of rotatable bonds is 2. The Morgan fingerprint density at radius 2 is 2.36 bits per heavy atom. The molecule has 4 heteroatoms. The van der Waals surface area contributed by atoms with Crippen molar-refractivity contribution in [1.29, 1.82) is 0 Å². The van der Waals surface area contributed by atoms with Crippen LogP contribution in [0.4, 0.5) is 0 Å². The molecular weight excluding hydrogens is 180 g/mol. The van der Waals surface area contributed by atoms with E-state index < -0.39 is 0 Å². The molecule has 0 aromatic carbocycles. The molecule has 0 atom stereocenters. The van der Waals surface area contributed by atoms with E-state index in [2.05, 4.69) is 10.3 Å². The van der Waals surface area contributed by atoms with Crippen LogP contribution >= 0.6 is 0 Å². The number of amides is 1. The number of aliphatic hydroxyl groups is 1. The van der Waals surface area contributed by atoms with Crippen molar-refractivity contribution in [2.45, 2.75) is 25.0 Å². The maximum Gasteiger partial charge on any atom is 0.253 e. The average Bonchev–Trinajstić information content (AvgIpc) is 2.17. The highest BCUT2D eigenvalue weighted by Crippen LogP contribution is 2.19. The molecule has 1 amide bonds. The maximum atomic E-state index is 11.5. The average molecular weight is 192 g/mol. The minimum Gasteiger partial charge on any atom is -0.393 e. The van der Waals surface area contributed by atoms with Crippen molar-refractivity contribution in [1.82, 2.24) is 10.3 Å². The number of carbonyl (C=O) groups excluding carboxylic acids is 1. The number of carbonyl (C=O) groups is 1. The van der Waals surface area contributed by atoms with Crippen LogP contribution in [0.3, 0.4) is 0 Å². The summed E-state index contributed by atoms with van der Waals surface area (Å²) < 4.78 is 0. The molecule has 0 saturated heterocycles. The fraction of sp³-hybridized carbons (Fsp3) is 0.400. The Bertz CT molecular complexity index is 320. The summed E-state index contributed by atoms with van der Waals surface area (Å²) in [6.45, 7) is 0. The van der Waals surface area contributed by atoms with Crippen LogP contribution in [-0.4, -0.2) is 28.1 Å². The standard InChI is InChI=1S/C10H12N2O2/c13-9-4-8(5-9)12-10(14)7-2-1-3-11-6-7/h1-3,6,8-9,13H,4-5H2,(H,12,14). The van der Waals surface area contributed by atoms with Gasteiger partial charge in [0.25, 0.3) is 5.91 Å². The maximum absolute atomic E-state index is 11.5. The Labute approximate surface area is 82.0 Å². The predicted molar refractivity (Wildman–Crippen MR) is 50.7 cm³/mol. The van der Waals surface area contributed by atoms with Gasteiger partial charge < -0.3 is 10.4 Å². The quantitative estimate of drug-likeness (QED) is 0.710. The van der Waals surface area contributed by atoms with E-state index in [9.17, 15) is 4.79 Å². The van der Waals surface area contributed by atoms with Crippen molar-refractivity contribution in [3.63, 3.8) is 0 Å². The molecule has 14 heavy (non-hydrogen) atoms. The zero-order chi connectivity index (χ0) is 9.97. The van der Waals surface area contributed by atoms with Gasteiger partial charge in [-0.15, -0.1) is 0 Å². The number of aromatic nitrogens is 1. The summed E-state index contributed by atoms with van der Waals surface area (Å²) in [6.07, 6.45) is 4.24. The first-order chi connectivity index (χ1) is 6.75. The Balaban J connectivity index is 1.90. The molecule has 74 valence electrons. The minimum atomic E-state index is -0.241. The number of aliphatic hydroxyl groups excluding tert-OH is 1. The third-order valence-corrected chi connectivity index (χ3v) is 2.37. The molecule has 1 saturated carbocycles. The van der Waals surface area contributed by atoms with Crippen LogP contribution in [0.15, 0.2) is 24.5 Å². The van der Waals surface area contributed by atoms with Crippen LogP contribution < -0.4 is 5.32 Å². The first kappa shape index (κ1) is 9.15. The number of nitrogens with one attached hydrogen (secondary N) is 1. The van der Waals surface area contributed by atoms with Crippen molar-refractivity contribution in [3.05, 3.63) is 30.1 Å². The van der Waals surface area contributed by atoms with Gasteiger partial charge in [0, 0.05) is 18.4 Å². The van der Waals surface area contributed by atoms with Gasteiger partial charge in [-0.25, -0.2) is 0 Å². The second-order valence-electron chi connectivity index (χ2n) is 3.54. The lowest BCUT2D eigenvalue weighted by Gasteiger charge is -2.31. The Morgan fingerprint density at radius 1 is 1.57 bits per heavy atom. The van der Waals surface area contributed by atoms with E-state index in [4.69, 9.17) is 5.11 Å². The zero-order valence-electron chi connectivity index (χ0n) is 7.68. The third-order valence-electron chi connectivity index (χ3n) is 2.37. The normalized spacial score (nSPS) is 25.2. The van der Waals surface area contributed by atoms with Crippen LogP contribution in [0.1, 0.15) is 23.2 Å². The van der Waals surface area contributed by atoms with Crippen molar-refractivity contribution in [2.24, 2.45) is 0 Å². The molecule has 1 aliphatic rings. The fourth-order valence-corrected chi connectivity index (χ4v) is 1.47. The molecule has 1 aliphatic carbocycles. The van der Waals surface area contributed by atoms with E-state index in [-0.39, 0.29) is 18.1 Å². The van der Waals surface area contributed by atoms with Gasteiger partial charge in [0.1, 0.15) is 0 Å². The number of hydrogen-bond acceptors (Lipinski definition) is 3. The van der Waals surface area contributed by atoms with Gasteiger partial charge >= 0.3 is 0 Å². The molecular formula is C10H12N2O2. The second kappa shape index (κ2) is 3.75. The molecule has 0 spiro atoms. The second-order valence-corrected chi connectivity index (χ2v) is 3.54. The molecule has 1 fully saturated rings. The Hall–Kier alpha value is -1.42. The SMILES string of the molecule is O=C(NC1CC(O)C1)c1cccnc1. The monoisotopic (exact) mass is 192 g/mol. The highest BCUT2D eigenvalue weighted by molar-refractivity contribution is 5.94. The van der Waals surface area contributed by atoms with Gasteiger partial charge in [-0.1, -0.05) is 0 Å². The molecule has 0 aliphatic heterocycles. The Morgan fingerprint density at radius 3 is 2.93 bits per heavy atom. The molecule has 1 heterocycles. The van der Waals surface area contributed by atoms with Crippen LogP contribution in [0.5, 0.6) is 0 Å². The largest absolute Gasteiger partial charge is 0.393 e. The van der Waals surface area contributed by atoms with Crippen LogP contribution in [0.2, 0.25) is 0 Å². The van der Waals surface area contributed by atoms with Gasteiger partial charge in [-0.2, -0.15) is 0 Å². The molecule has 0 unspecified atom stereocenters. The fourth-order valence-electron chi connectivity index (χ4n) is 1.47. The van der Waals surface area contributed by atoms with Gasteiger partial charge in [0.15, 0.2) is 0 Å². The van der Waals surface area contributed by atoms with Crippen molar-refractivity contribution >= 4 is 5.91 Å². The summed E-state index contributed by atoms with van der Waals surface area (Å²) >= 11 is 0. The number of hydrogen-bond donors (Lipinski definition) is 2. The molecule has 0 bridgehead atoms. The number of nitrogens with zero attached hydrogens (tertiary/aromatic N) is 1. The van der Waals surface area contributed by atoms with Gasteiger partial charge in [-0.05, 0) is 25.0 Å². The van der Waals surface area contributed by atoms with Crippen LogP contribution in [-0.2, 0) is 0 Å². The van der Waals surface area contributed by atoms with Crippen molar-refractivity contribution in [2.75, 3.05) is 0 Å². The highest BCUT2D eigenvalue weighted by Gasteiger charge is 2.28. The van der Waals surface area contributed by atoms with E-state index >= 15 is 0 Å². The van der Waals surface area contributed by atoms with Gasteiger partial charge in [0.05, 0.1) is 11.7 Å². The highest BCUT2D eigenvalue weighted by atomic mass is 16.3. The van der Waals surface area contributed by atoms with E-state index in [0.29, 0.717) is 18.4 Å². The summed E-state index contributed by atoms with van der Waals surface area (Å²) in [4.78, 5) is 15.4. The van der Waals surface area contributed by atoms with Crippen LogP contribution in [0.25, 0.3) is 0 Å². The first-order valence-corrected chi connectivity index (χ1v) is 4.64. The van der Waals surface area contributed by atoms with E-state index in [0.717, 1.165) is 0 Å². The van der Waals surface area contributed by atoms with Crippen molar-refractivity contribution < 1.29 is 9.90 Å². The van der Waals surface area contributed by atoms with E-state index in [1.165, 1.54) is 6.20 Å². The predicted octanol–water partition coefficient (Wildman–Crippen LogP) is 0.335. The lowest BCUT2D eigenvalue weighted by atomic mass is 9.89. The molecule has 4 nitrogen and oxygen atoms in total. The van der Waals surface area contributed by atoms with E-state index in [1.807, 2.05) is 0 Å². The topological polar surface area (TPSA) is 62.2 Å². The van der Waals surface area contributed by atoms with Gasteiger partial charge in [0.2, 0.25) is 0 Å². The summed E-state index contributed by atoms with van der Waals surface area (Å²) in [6, 6.07) is 3.57. The number of pyridine rings is 1. The smallest absolute Gasteiger partial charge is 0.253 e. The zero-order valence-corrected chi connectivity index (χ0v) is 7.68. The third kappa shape index (κ3) is 1.90. The summed E-state index contributed by atoms with van der Waals surface area (Å²) in [5.74, 6) is -0.116.